The molecule has 0 unspecified atom stereocenters. The van der Waals surface area contributed by atoms with Gasteiger partial charge in [-0.25, -0.2) is 4.98 Å². The van der Waals surface area contributed by atoms with Crippen molar-refractivity contribution in [2.75, 3.05) is 0 Å². The van der Waals surface area contributed by atoms with Gasteiger partial charge in [-0.1, -0.05) is 30.3 Å². The van der Waals surface area contributed by atoms with Crippen LogP contribution in [0, 0.1) is 5.41 Å². The summed E-state index contributed by atoms with van der Waals surface area (Å²) in [7, 11) is 1.89. The van der Waals surface area contributed by atoms with Crippen molar-refractivity contribution in [1.82, 2.24) is 9.55 Å². The van der Waals surface area contributed by atoms with E-state index in [0.717, 1.165) is 5.56 Å². The summed E-state index contributed by atoms with van der Waals surface area (Å²) in [5.41, 5.74) is 1.35. The Bertz CT molecular complexity index is 443. The quantitative estimate of drug-likeness (QED) is 0.712. The number of aryl methyl sites for hydroxylation is 1. The molecule has 0 saturated carbocycles. The molecule has 3 nitrogen and oxygen atoms in total. The summed E-state index contributed by atoms with van der Waals surface area (Å²) >= 11 is 0. The van der Waals surface area contributed by atoms with Crippen LogP contribution in [0.4, 0.5) is 0 Å². The van der Waals surface area contributed by atoms with Crippen molar-refractivity contribution >= 4 is 5.71 Å². The van der Waals surface area contributed by atoms with Crippen molar-refractivity contribution in [3.8, 4) is 0 Å². The van der Waals surface area contributed by atoms with E-state index in [1.165, 1.54) is 0 Å². The third-order valence-corrected chi connectivity index (χ3v) is 2.11. The minimum atomic E-state index is 0.457. The lowest BCUT2D eigenvalue weighted by Gasteiger charge is -2.03. The molecule has 0 atom stereocenters. The van der Waals surface area contributed by atoms with Crippen molar-refractivity contribution in [1.29, 1.82) is 5.41 Å². The first-order chi connectivity index (χ1) is 6.79. The number of hydrogen-bond acceptors (Lipinski definition) is 2. The van der Waals surface area contributed by atoms with Crippen LogP contribution in [0.25, 0.3) is 0 Å². The van der Waals surface area contributed by atoms with Crippen LogP contribution in [-0.2, 0) is 7.05 Å². The van der Waals surface area contributed by atoms with Crippen LogP contribution in [-0.4, -0.2) is 15.3 Å². The third kappa shape index (κ3) is 1.44. The van der Waals surface area contributed by atoms with Gasteiger partial charge in [-0.15, -0.1) is 0 Å². The minimum absolute atomic E-state index is 0.457. The highest BCUT2D eigenvalue weighted by atomic mass is 15.0. The fourth-order valence-electron chi connectivity index (χ4n) is 1.34. The second kappa shape index (κ2) is 3.46. The van der Waals surface area contributed by atoms with Crippen molar-refractivity contribution in [2.24, 2.45) is 7.05 Å². The van der Waals surface area contributed by atoms with E-state index in [1.54, 1.807) is 6.20 Å². The Balaban J connectivity index is 2.39. The van der Waals surface area contributed by atoms with E-state index in [9.17, 15) is 0 Å². The van der Waals surface area contributed by atoms with Crippen molar-refractivity contribution in [3.05, 3.63) is 54.1 Å². The van der Waals surface area contributed by atoms with Gasteiger partial charge in [-0.3, -0.25) is 5.41 Å². The Morgan fingerprint density at radius 3 is 2.57 bits per heavy atom. The molecule has 0 spiro atoms. The maximum Gasteiger partial charge on any atom is 0.158 e. The fourth-order valence-corrected chi connectivity index (χ4v) is 1.34. The van der Waals surface area contributed by atoms with E-state index in [4.69, 9.17) is 5.41 Å². The molecule has 1 aromatic carbocycles. The Labute approximate surface area is 82.5 Å². The maximum absolute atomic E-state index is 7.94. The van der Waals surface area contributed by atoms with Crippen LogP contribution >= 0.6 is 0 Å². The average molecular weight is 185 g/mol. The normalized spacial score (nSPS) is 10.1. The molecule has 0 fully saturated rings. The lowest BCUT2D eigenvalue weighted by molar-refractivity contribution is 0.896. The van der Waals surface area contributed by atoms with Gasteiger partial charge < -0.3 is 4.57 Å². The summed E-state index contributed by atoms with van der Waals surface area (Å²) in [6, 6.07) is 9.61. The second-order valence-electron chi connectivity index (χ2n) is 3.10. The first kappa shape index (κ1) is 8.69. The molecule has 0 radical (unpaired) electrons. The van der Waals surface area contributed by atoms with E-state index in [0.29, 0.717) is 11.5 Å². The highest BCUT2D eigenvalue weighted by molar-refractivity contribution is 6.08. The Hall–Kier alpha value is -1.90. The topological polar surface area (TPSA) is 41.7 Å². The van der Waals surface area contributed by atoms with Gasteiger partial charge in [0.2, 0.25) is 0 Å². The summed E-state index contributed by atoms with van der Waals surface area (Å²) < 4.78 is 1.84. The molecule has 0 bridgehead atoms. The third-order valence-electron chi connectivity index (χ3n) is 2.11. The van der Waals surface area contributed by atoms with Crippen LogP contribution in [0.15, 0.2) is 42.7 Å². The highest BCUT2D eigenvalue weighted by Crippen LogP contribution is 2.06. The summed E-state index contributed by atoms with van der Waals surface area (Å²) in [6.45, 7) is 0. The van der Waals surface area contributed by atoms with Gasteiger partial charge in [0.25, 0.3) is 0 Å². The van der Waals surface area contributed by atoms with Crippen LogP contribution in [0.5, 0.6) is 0 Å². The molecule has 2 rings (SSSR count). The Kier molecular flexibility index (Phi) is 2.14. The first-order valence-electron chi connectivity index (χ1n) is 4.40. The molecule has 1 aromatic heterocycles. The molecule has 14 heavy (non-hydrogen) atoms. The van der Waals surface area contributed by atoms with Gasteiger partial charge in [-0.05, 0) is 0 Å². The molecule has 0 aliphatic carbocycles. The standard InChI is InChI=1S/C11H11N3/c1-14-8-7-13-11(14)10(12)9-5-3-2-4-6-9/h2-8,12H,1H3. The van der Waals surface area contributed by atoms with E-state index in [1.807, 2.05) is 48.1 Å². The fraction of sp³-hybridized carbons (Fsp3) is 0.0909. The Morgan fingerprint density at radius 2 is 2.00 bits per heavy atom. The maximum atomic E-state index is 7.94. The number of imidazole rings is 1. The van der Waals surface area contributed by atoms with E-state index >= 15 is 0 Å². The Morgan fingerprint density at radius 1 is 1.29 bits per heavy atom. The molecule has 0 aliphatic rings. The van der Waals surface area contributed by atoms with Crippen LogP contribution in [0.3, 0.4) is 0 Å². The molecular formula is C11H11N3. The van der Waals surface area contributed by atoms with Crippen molar-refractivity contribution in [3.63, 3.8) is 0 Å². The molecule has 3 heteroatoms. The highest BCUT2D eigenvalue weighted by Gasteiger charge is 2.07. The molecule has 0 amide bonds. The molecule has 0 saturated heterocycles. The molecule has 0 aliphatic heterocycles. The monoisotopic (exact) mass is 185 g/mol. The lowest BCUT2D eigenvalue weighted by Crippen LogP contribution is -2.08. The van der Waals surface area contributed by atoms with E-state index in [-0.39, 0.29) is 0 Å². The van der Waals surface area contributed by atoms with Crippen LogP contribution in [0.2, 0.25) is 0 Å². The molecular weight excluding hydrogens is 174 g/mol. The van der Waals surface area contributed by atoms with Crippen molar-refractivity contribution < 1.29 is 0 Å². The summed E-state index contributed by atoms with van der Waals surface area (Å²) in [6.07, 6.45) is 3.54. The zero-order valence-corrected chi connectivity index (χ0v) is 7.94. The largest absolute Gasteiger partial charge is 0.333 e. The number of hydrogen-bond donors (Lipinski definition) is 1. The number of rotatable bonds is 2. The summed E-state index contributed by atoms with van der Waals surface area (Å²) in [5, 5.41) is 7.94. The molecule has 70 valence electrons. The number of nitrogens with one attached hydrogen (secondary N) is 1. The first-order valence-corrected chi connectivity index (χ1v) is 4.40. The van der Waals surface area contributed by atoms with Gasteiger partial charge in [0.05, 0.1) is 0 Å². The smallest absolute Gasteiger partial charge is 0.158 e. The average Bonchev–Trinajstić information content (AvgIpc) is 2.65. The van der Waals surface area contributed by atoms with Gasteiger partial charge in [-0.2, -0.15) is 0 Å². The number of aromatic nitrogens is 2. The van der Waals surface area contributed by atoms with Crippen LogP contribution in [0.1, 0.15) is 11.4 Å². The van der Waals surface area contributed by atoms with Crippen molar-refractivity contribution in [2.45, 2.75) is 0 Å². The number of nitrogens with zero attached hydrogens (tertiary/aromatic N) is 2. The zero-order valence-electron chi connectivity index (χ0n) is 7.94. The van der Waals surface area contributed by atoms with E-state index in [2.05, 4.69) is 4.98 Å². The summed E-state index contributed by atoms with van der Waals surface area (Å²) in [5.74, 6) is 0.691. The zero-order chi connectivity index (χ0) is 9.97. The van der Waals surface area contributed by atoms with Gasteiger partial charge in [0.1, 0.15) is 5.71 Å². The lowest BCUT2D eigenvalue weighted by atomic mass is 10.1. The molecule has 1 heterocycles. The van der Waals surface area contributed by atoms with Gasteiger partial charge in [0.15, 0.2) is 5.82 Å². The van der Waals surface area contributed by atoms with E-state index < -0.39 is 0 Å². The SMILES string of the molecule is Cn1ccnc1C(=N)c1ccccc1. The predicted molar refractivity (Wildman–Crippen MR) is 55.6 cm³/mol. The number of benzene rings is 1. The minimum Gasteiger partial charge on any atom is -0.333 e. The van der Waals surface area contributed by atoms with Gasteiger partial charge >= 0.3 is 0 Å². The van der Waals surface area contributed by atoms with Gasteiger partial charge in [0, 0.05) is 25.0 Å². The molecule has 2 aromatic rings. The summed E-state index contributed by atoms with van der Waals surface area (Å²) in [4.78, 5) is 4.13. The van der Waals surface area contributed by atoms with Crippen LogP contribution < -0.4 is 0 Å². The second-order valence-corrected chi connectivity index (χ2v) is 3.10. The molecule has 1 N–H and O–H groups in total. The predicted octanol–water partition coefficient (Wildman–Crippen LogP) is 1.84.